The van der Waals surface area contributed by atoms with Crippen molar-refractivity contribution in [2.45, 2.75) is 18.7 Å². The first-order valence-corrected chi connectivity index (χ1v) is 5.19. The predicted octanol–water partition coefficient (Wildman–Crippen LogP) is 1.77. The lowest BCUT2D eigenvalue weighted by molar-refractivity contribution is -0.139. The molecule has 0 radical (unpaired) electrons. The number of hydrogen-bond donors (Lipinski definition) is 1. The Morgan fingerprint density at radius 3 is 2.71 bits per heavy atom. The fraction of sp³-hybridized carbons (Fsp3) is 0.400. The molecule has 0 bridgehead atoms. The van der Waals surface area contributed by atoms with Crippen molar-refractivity contribution in [2.24, 2.45) is 0 Å². The highest BCUT2D eigenvalue weighted by Crippen LogP contribution is 2.24. The lowest BCUT2D eigenvalue weighted by atomic mass is 10.0. The highest BCUT2D eigenvalue weighted by atomic mass is 35.5. The smallest absolute Gasteiger partial charge is 0.310 e. The van der Waals surface area contributed by atoms with E-state index in [1.54, 1.807) is 0 Å². The lowest BCUT2D eigenvalue weighted by Crippen LogP contribution is -2.17. The van der Waals surface area contributed by atoms with Gasteiger partial charge in [0.1, 0.15) is 0 Å². The molecule has 1 aromatic heterocycles. The van der Waals surface area contributed by atoms with Crippen LogP contribution in [0.3, 0.4) is 0 Å². The first-order chi connectivity index (χ1) is 7.99. The van der Waals surface area contributed by atoms with Crippen LogP contribution in [0, 0.1) is 0 Å². The number of ether oxygens (including phenoxy) is 1. The Labute approximate surface area is 101 Å². The molecule has 0 spiro atoms. The summed E-state index contributed by atoms with van der Waals surface area (Å²) < 4.78 is 29.9. The zero-order valence-electron chi connectivity index (χ0n) is 8.93. The number of methoxy groups -OCH3 is 1. The number of carbonyl (C=O) groups is 1. The normalized spacial score (nSPS) is 10.6. The standard InChI is InChI=1S/C10H10ClF2NO3/c1-17-9(16)3-5-6(10(12)13)2-8(15)14-7(5)4-11/h2,10H,3-4H2,1H3,(H,14,15). The number of carbonyl (C=O) groups excluding carboxylic acids is 1. The number of esters is 1. The summed E-state index contributed by atoms with van der Waals surface area (Å²) in [6.07, 6.45) is -3.20. The third-order valence-electron chi connectivity index (χ3n) is 2.19. The third kappa shape index (κ3) is 3.26. The van der Waals surface area contributed by atoms with Crippen molar-refractivity contribution in [3.63, 3.8) is 0 Å². The second-order valence-corrected chi connectivity index (χ2v) is 3.50. The Balaban J connectivity index is 3.31. The van der Waals surface area contributed by atoms with E-state index in [1.165, 1.54) is 0 Å². The van der Waals surface area contributed by atoms with E-state index in [0.717, 1.165) is 13.2 Å². The summed E-state index contributed by atoms with van der Waals surface area (Å²) in [6, 6.07) is 0.763. The molecule has 1 aromatic rings. The van der Waals surface area contributed by atoms with Gasteiger partial charge in [0.25, 0.3) is 6.43 Å². The monoisotopic (exact) mass is 265 g/mol. The van der Waals surface area contributed by atoms with Crippen LogP contribution >= 0.6 is 11.6 Å². The third-order valence-corrected chi connectivity index (χ3v) is 2.46. The number of rotatable bonds is 4. The molecule has 4 nitrogen and oxygen atoms in total. The summed E-state index contributed by atoms with van der Waals surface area (Å²) in [5.74, 6) is -0.840. The minimum Gasteiger partial charge on any atom is -0.469 e. The van der Waals surface area contributed by atoms with Gasteiger partial charge in [-0.25, -0.2) is 8.78 Å². The topological polar surface area (TPSA) is 59.2 Å². The predicted molar refractivity (Wildman–Crippen MR) is 57.3 cm³/mol. The second-order valence-electron chi connectivity index (χ2n) is 3.23. The number of hydrogen-bond acceptors (Lipinski definition) is 3. The van der Waals surface area contributed by atoms with Crippen LogP contribution < -0.4 is 5.56 Å². The van der Waals surface area contributed by atoms with Gasteiger partial charge in [-0.15, -0.1) is 11.6 Å². The molecule has 0 fully saturated rings. The van der Waals surface area contributed by atoms with E-state index in [9.17, 15) is 18.4 Å². The molecule has 0 atom stereocenters. The Hall–Kier alpha value is -1.43. The molecule has 0 aliphatic heterocycles. The highest BCUT2D eigenvalue weighted by Gasteiger charge is 2.20. The molecule has 0 aliphatic carbocycles. The highest BCUT2D eigenvalue weighted by molar-refractivity contribution is 6.17. The summed E-state index contributed by atoms with van der Waals surface area (Å²) in [5.41, 5.74) is -1.04. The van der Waals surface area contributed by atoms with E-state index in [1.807, 2.05) is 0 Å². The van der Waals surface area contributed by atoms with Gasteiger partial charge in [-0.2, -0.15) is 0 Å². The molecule has 94 valence electrons. The number of pyridine rings is 1. The minimum atomic E-state index is -2.85. The maximum absolute atomic E-state index is 12.7. The van der Waals surface area contributed by atoms with E-state index in [-0.39, 0.29) is 23.6 Å². The fourth-order valence-electron chi connectivity index (χ4n) is 1.40. The molecule has 1 rings (SSSR count). The number of aromatic nitrogens is 1. The Bertz CT molecular complexity index is 473. The summed E-state index contributed by atoms with van der Waals surface area (Å²) in [7, 11) is 1.15. The maximum atomic E-state index is 12.7. The van der Waals surface area contributed by atoms with E-state index >= 15 is 0 Å². The fourth-order valence-corrected chi connectivity index (χ4v) is 1.62. The summed E-state index contributed by atoms with van der Waals surface area (Å²) >= 11 is 5.54. The van der Waals surface area contributed by atoms with Crippen LogP contribution in [0.2, 0.25) is 0 Å². The zero-order chi connectivity index (χ0) is 13.0. The van der Waals surface area contributed by atoms with Crippen LogP contribution in [0.5, 0.6) is 0 Å². The number of alkyl halides is 3. The number of aromatic amines is 1. The zero-order valence-corrected chi connectivity index (χ0v) is 9.68. The molecule has 0 amide bonds. The van der Waals surface area contributed by atoms with Crippen molar-refractivity contribution in [1.29, 1.82) is 0 Å². The molecule has 17 heavy (non-hydrogen) atoms. The van der Waals surface area contributed by atoms with Crippen molar-refractivity contribution < 1.29 is 18.3 Å². The van der Waals surface area contributed by atoms with E-state index in [0.29, 0.717) is 0 Å². The van der Waals surface area contributed by atoms with Gasteiger partial charge >= 0.3 is 5.97 Å². The van der Waals surface area contributed by atoms with Gasteiger partial charge in [0.05, 0.1) is 19.4 Å². The van der Waals surface area contributed by atoms with E-state index in [4.69, 9.17) is 11.6 Å². The number of halogens is 3. The summed E-state index contributed by atoms with van der Waals surface area (Å²) in [5, 5.41) is 0. The van der Waals surface area contributed by atoms with Crippen molar-refractivity contribution in [2.75, 3.05) is 7.11 Å². The summed E-state index contributed by atoms with van der Waals surface area (Å²) in [6.45, 7) is 0. The van der Waals surface area contributed by atoms with Gasteiger partial charge in [-0.3, -0.25) is 9.59 Å². The second kappa shape index (κ2) is 5.77. The van der Waals surface area contributed by atoms with E-state index < -0.39 is 23.5 Å². The van der Waals surface area contributed by atoms with Crippen LogP contribution in [0.1, 0.15) is 23.2 Å². The molecule has 1 heterocycles. The van der Waals surface area contributed by atoms with Crippen LogP contribution in [0.25, 0.3) is 0 Å². The van der Waals surface area contributed by atoms with Crippen LogP contribution in [-0.4, -0.2) is 18.1 Å². The van der Waals surface area contributed by atoms with Crippen molar-refractivity contribution >= 4 is 17.6 Å². The molecule has 0 saturated heterocycles. The van der Waals surface area contributed by atoms with Gasteiger partial charge in [-0.1, -0.05) is 0 Å². The van der Waals surface area contributed by atoms with Gasteiger partial charge in [0, 0.05) is 17.3 Å². The Morgan fingerprint density at radius 1 is 1.59 bits per heavy atom. The largest absolute Gasteiger partial charge is 0.469 e. The molecule has 0 aromatic carbocycles. The van der Waals surface area contributed by atoms with Gasteiger partial charge in [-0.05, 0) is 5.56 Å². The SMILES string of the molecule is COC(=O)Cc1c(C(F)F)cc(=O)[nH]c1CCl. The lowest BCUT2D eigenvalue weighted by Gasteiger charge is -2.11. The molecule has 7 heteroatoms. The van der Waals surface area contributed by atoms with Crippen LogP contribution in [0.4, 0.5) is 8.78 Å². The summed E-state index contributed by atoms with van der Waals surface area (Å²) in [4.78, 5) is 24.5. The first-order valence-electron chi connectivity index (χ1n) is 4.65. The molecular weight excluding hydrogens is 256 g/mol. The van der Waals surface area contributed by atoms with Crippen molar-refractivity contribution in [3.05, 3.63) is 33.2 Å². The maximum Gasteiger partial charge on any atom is 0.310 e. The van der Waals surface area contributed by atoms with Gasteiger partial charge in [0.2, 0.25) is 5.56 Å². The van der Waals surface area contributed by atoms with Crippen molar-refractivity contribution in [3.8, 4) is 0 Å². The Kier molecular flexibility index (Phi) is 4.62. The Morgan fingerprint density at radius 2 is 2.24 bits per heavy atom. The number of nitrogens with one attached hydrogen (secondary N) is 1. The average Bonchev–Trinajstić information content (AvgIpc) is 2.30. The number of H-pyrrole nitrogens is 1. The molecule has 1 N–H and O–H groups in total. The average molecular weight is 266 g/mol. The minimum absolute atomic E-state index is 0.0152. The molecular formula is C10H10ClF2NO3. The van der Waals surface area contributed by atoms with Crippen LogP contribution in [-0.2, 0) is 21.8 Å². The van der Waals surface area contributed by atoms with E-state index in [2.05, 4.69) is 9.72 Å². The molecule has 0 unspecified atom stereocenters. The molecule has 0 aliphatic rings. The van der Waals surface area contributed by atoms with Gasteiger partial charge in [0.15, 0.2) is 0 Å². The van der Waals surface area contributed by atoms with Crippen LogP contribution in [0.15, 0.2) is 10.9 Å². The molecule has 0 saturated carbocycles. The van der Waals surface area contributed by atoms with Gasteiger partial charge < -0.3 is 9.72 Å². The quantitative estimate of drug-likeness (QED) is 0.667. The first kappa shape index (κ1) is 13.6. The van der Waals surface area contributed by atoms with Crippen molar-refractivity contribution in [1.82, 2.24) is 4.98 Å².